The second kappa shape index (κ2) is 15.7. The van der Waals surface area contributed by atoms with Crippen LogP contribution >= 0.6 is 11.6 Å². The van der Waals surface area contributed by atoms with Crippen LogP contribution < -0.4 is 15.6 Å². The lowest BCUT2D eigenvalue weighted by molar-refractivity contribution is 0.579. The summed E-state index contributed by atoms with van der Waals surface area (Å²) >= 11 is 7.13. The van der Waals surface area contributed by atoms with E-state index in [0.29, 0.717) is 5.88 Å². The molecule has 0 aromatic heterocycles. The molecule has 0 N–H and O–H groups in total. The molecule has 0 fully saturated rings. The lowest BCUT2D eigenvalue weighted by Crippen LogP contribution is -2.69. The van der Waals surface area contributed by atoms with Crippen LogP contribution in [0.25, 0.3) is 5.57 Å². The molecule has 4 rings (SSSR count). The minimum Gasteiger partial charge on any atom is -0.122 e. The summed E-state index contributed by atoms with van der Waals surface area (Å²) in [5, 5.41) is 5.59. The molecule has 0 unspecified atom stereocenters. The molecular formula is C37H43ClSi. The number of hydrogen-bond donors (Lipinski definition) is 0. The Hall–Kier alpha value is -2.87. The van der Waals surface area contributed by atoms with Gasteiger partial charge in [-0.15, -0.1) is 11.6 Å². The highest BCUT2D eigenvalue weighted by atomic mass is 35.5. The molecule has 4 aromatic carbocycles. The van der Waals surface area contributed by atoms with Crippen LogP contribution in [-0.4, -0.2) is 14.0 Å². The Kier molecular flexibility index (Phi) is 11.7. The van der Waals surface area contributed by atoms with Gasteiger partial charge in [0.05, 0.1) is 0 Å². The molecule has 4 aromatic rings. The van der Waals surface area contributed by atoms with Crippen LogP contribution in [0.2, 0.25) is 0 Å². The summed E-state index contributed by atoms with van der Waals surface area (Å²) in [6.07, 6.45) is 11.6. The van der Waals surface area contributed by atoms with Gasteiger partial charge in [0.15, 0.2) is 8.07 Å². The van der Waals surface area contributed by atoms with Gasteiger partial charge in [-0.25, -0.2) is 0 Å². The molecule has 0 radical (unpaired) electrons. The van der Waals surface area contributed by atoms with Crippen molar-refractivity contribution in [3.05, 3.63) is 132 Å². The van der Waals surface area contributed by atoms with Crippen LogP contribution in [-0.2, 0) is 0 Å². The summed E-state index contributed by atoms with van der Waals surface area (Å²) in [5.41, 5.74) is 2.76. The average Bonchev–Trinajstić information content (AvgIpc) is 3.01. The van der Waals surface area contributed by atoms with Crippen molar-refractivity contribution in [3.63, 3.8) is 0 Å². The van der Waals surface area contributed by atoms with Crippen LogP contribution in [0.4, 0.5) is 0 Å². The van der Waals surface area contributed by atoms with Crippen molar-refractivity contribution in [1.82, 2.24) is 0 Å². The van der Waals surface area contributed by atoms with E-state index in [9.17, 15) is 0 Å². The molecule has 2 heteroatoms. The normalized spacial score (nSPS) is 12.3. The maximum Gasteiger partial charge on any atom is 0.177 e. The van der Waals surface area contributed by atoms with Crippen LogP contribution in [0.3, 0.4) is 0 Å². The van der Waals surface area contributed by atoms with Gasteiger partial charge in [-0.1, -0.05) is 173 Å². The molecule has 0 spiro atoms. The van der Waals surface area contributed by atoms with Gasteiger partial charge in [0.1, 0.15) is 0 Å². The standard InChI is InChI=1S/C37H43ClSi/c1-2-3-4-5-6-7-8-21-30-36(32-22-13-9-14-23-32)37(31-38)39(33-24-15-10-16-25-33,34-26-17-11-18-27-34)35-28-19-12-20-29-35/h9-20,22-29H,2-8,21,30-31H2,1H3/b37-36+. The summed E-state index contributed by atoms with van der Waals surface area (Å²) in [7, 11) is -2.64. The largest absolute Gasteiger partial charge is 0.177 e. The maximum atomic E-state index is 7.13. The van der Waals surface area contributed by atoms with Gasteiger partial charge in [0.25, 0.3) is 0 Å². The highest BCUT2D eigenvalue weighted by Gasteiger charge is 2.43. The SMILES string of the molecule is CCCCCCCCCC/C(=C(/CCl)[Si](c1ccccc1)(c1ccccc1)c1ccccc1)c1ccccc1. The number of rotatable bonds is 15. The highest BCUT2D eigenvalue weighted by Crippen LogP contribution is 2.32. The van der Waals surface area contributed by atoms with Crippen molar-refractivity contribution in [2.45, 2.75) is 64.7 Å². The molecule has 0 bridgehead atoms. The van der Waals surface area contributed by atoms with E-state index < -0.39 is 8.07 Å². The maximum absolute atomic E-state index is 7.13. The minimum atomic E-state index is -2.64. The van der Waals surface area contributed by atoms with E-state index in [4.69, 9.17) is 11.6 Å². The quantitative estimate of drug-likeness (QED) is 0.0599. The average molecular weight is 551 g/mol. The van der Waals surface area contributed by atoms with Crippen molar-refractivity contribution in [1.29, 1.82) is 0 Å². The zero-order chi connectivity index (χ0) is 27.2. The van der Waals surface area contributed by atoms with E-state index in [2.05, 4.69) is 128 Å². The topological polar surface area (TPSA) is 0 Å². The molecule has 0 nitrogen and oxygen atoms in total. The smallest absolute Gasteiger partial charge is 0.122 e. The van der Waals surface area contributed by atoms with Gasteiger partial charge in [0, 0.05) is 5.88 Å². The number of hydrogen-bond acceptors (Lipinski definition) is 0. The van der Waals surface area contributed by atoms with Crippen LogP contribution in [0.1, 0.15) is 70.3 Å². The molecule has 0 atom stereocenters. The number of alkyl halides is 1. The number of unbranched alkanes of at least 4 members (excludes halogenated alkanes) is 7. The van der Waals surface area contributed by atoms with Gasteiger partial charge in [-0.05, 0) is 44.7 Å². The van der Waals surface area contributed by atoms with Crippen LogP contribution in [0.15, 0.2) is 127 Å². The lowest BCUT2D eigenvalue weighted by Gasteiger charge is -2.37. The van der Waals surface area contributed by atoms with Crippen molar-refractivity contribution in [2.75, 3.05) is 5.88 Å². The van der Waals surface area contributed by atoms with E-state index in [1.165, 1.54) is 83.3 Å². The van der Waals surface area contributed by atoms with E-state index >= 15 is 0 Å². The lowest BCUT2D eigenvalue weighted by atomic mass is 9.98. The molecule has 0 aliphatic rings. The van der Waals surface area contributed by atoms with Gasteiger partial charge in [-0.2, -0.15) is 0 Å². The Morgan fingerprint density at radius 1 is 0.513 bits per heavy atom. The molecule has 202 valence electrons. The Balaban J connectivity index is 1.86. The zero-order valence-electron chi connectivity index (χ0n) is 23.5. The van der Waals surface area contributed by atoms with Crippen LogP contribution in [0.5, 0.6) is 0 Å². The summed E-state index contributed by atoms with van der Waals surface area (Å²) in [5.74, 6) is 0.520. The Morgan fingerprint density at radius 2 is 0.897 bits per heavy atom. The highest BCUT2D eigenvalue weighted by molar-refractivity contribution is 7.17. The van der Waals surface area contributed by atoms with Crippen molar-refractivity contribution >= 4 is 40.8 Å². The van der Waals surface area contributed by atoms with Crippen molar-refractivity contribution < 1.29 is 0 Å². The second-order valence-electron chi connectivity index (χ2n) is 10.5. The van der Waals surface area contributed by atoms with E-state index in [-0.39, 0.29) is 0 Å². The molecule has 0 aliphatic carbocycles. The molecule has 0 saturated heterocycles. The Bertz CT molecular complexity index is 1150. The predicted molar refractivity (Wildman–Crippen MR) is 175 cm³/mol. The van der Waals surface area contributed by atoms with Crippen molar-refractivity contribution in [2.24, 2.45) is 0 Å². The third-order valence-corrected chi connectivity index (χ3v) is 13.4. The second-order valence-corrected chi connectivity index (χ2v) is 14.6. The molecule has 39 heavy (non-hydrogen) atoms. The summed E-state index contributed by atoms with van der Waals surface area (Å²) in [6, 6.07) is 44.5. The summed E-state index contributed by atoms with van der Waals surface area (Å²) in [6.45, 7) is 2.29. The van der Waals surface area contributed by atoms with E-state index in [1.807, 2.05) is 0 Å². The van der Waals surface area contributed by atoms with Gasteiger partial charge in [-0.3, -0.25) is 0 Å². The summed E-state index contributed by atoms with van der Waals surface area (Å²) < 4.78 is 0. The first-order chi connectivity index (χ1) is 19.3. The molecule has 0 aliphatic heterocycles. The number of benzene rings is 4. The first-order valence-electron chi connectivity index (χ1n) is 14.8. The first-order valence-corrected chi connectivity index (χ1v) is 17.4. The molecule has 0 saturated carbocycles. The fraction of sp³-hybridized carbons (Fsp3) is 0.297. The Labute approximate surface area is 242 Å². The zero-order valence-corrected chi connectivity index (χ0v) is 25.3. The Morgan fingerprint density at radius 3 is 1.31 bits per heavy atom. The first kappa shape index (κ1) is 29.1. The van der Waals surface area contributed by atoms with Gasteiger partial charge in [0.2, 0.25) is 0 Å². The van der Waals surface area contributed by atoms with E-state index in [0.717, 1.165) is 6.42 Å². The van der Waals surface area contributed by atoms with Crippen LogP contribution in [0, 0.1) is 0 Å². The number of halogens is 1. The van der Waals surface area contributed by atoms with Crippen molar-refractivity contribution in [3.8, 4) is 0 Å². The third-order valence-electron chi connectivity index (χ3n) is 7.97. The van der Waals surface area contributed by atoms with E-state index in [1.54, 1.807) is 0 Å². The third kappa shape index (κ3) is 7.21. The molecule has 0 heterocycles. The predicted octanol–water partition coefficient (Wildman–Crippen LogP) is 8.92. The fourth-order valence-electron chi connectivity index (χ4n) is 6.04. The fourth-order valence-corrected chi connectivity index (χ4v) is 11.8. The van der Waals surface area contributed by atoms with Gasteiger partial charge < -0.3 is 0 Å². The number of allylic oxidation sites excluding steroid dienone is 2. The molecular weight excluding hydrogens is 508 g/mol. The van der Waals surface area contributed by atoms with Gasteiger partial charge >= 0.3 is 0 Å². The summed E-state index contributed by atoms with van der Waals surface area (Å²) in [4.78, 5) is 0. The minimum absolute atomic E-state index is 0.520. The monoisotopic (exact) mass is 550 g/mol. The molecule has 0 amide bonds.